The van der Waals surface area contributed by atoms with Crippen LogP contribution in [0.1, 0.15) is 135 Å². The number of rotatable bonds is 22. The van der Waals surface area contributed by atoms with E-state index in [9.17, 15) is 4.79 Å². The van der Waals surface area contributed by atoms with E-state index in [1.807, 2.05) is 0 Å². The normalized spacial score (nSPS) is 11.8. The minimum absolute atomic E-state index is 0.334. The van der Waals surface area contributed by atoms with Gasteiger partial charge in [0.15, 0.2) is 0 Å². The van der Waals surface area contributed by atoms with Gasteiger partial charge in [0.05, 0.1) is 0 Å². The highest BCUT2D eigenvalue weighted by Gasteiger charge is 1.96. The maximum atomic E-state index is 10.4. The molecule has 2 nitrogen and oxygen atoms in total. The zero-order valence-corrected chi connectivity index (χ0v) is 18.8. The van der Waals surface area contributed by atoms with Crippen LogP contribution in [-0.4, -0.2) is 11.1 Å². The monoisotopic (exact) mass is 392 g/mol. The summed E-state index contributed by atoms with van der Waals surface area (Å²) in [6.45, 7) is 2.28. The minimum Gasteiger partial charge on any atom is -0.481 e. The van der Waals surface area contributed by atoms with Crippen LogP contribution < -0.4 is 0 Å². The first-order valence-electron chi connectivity index (χ1n) is 12.3. The van der Waals surface area contributed by atoms with Gasteiger partial charge in [-0.05, 0) is 38.5 Å². The first-order chi connectivity index (χ1) is 13.8. The summed E-state index contributed by atoms with van der Waals surface area (Å²) < 4.78 is 0. The third kappa shape index (κ3) is 24.9. The maximum absolute atomic E-state index is 10.4. The molecule has 2 heteroatoms. The van der Waals surface area contributed by atoms with Crippen LogP contribution in [0.2, 0.25) is 0 Å². The van der Waals surface area contributed by atoms with Crippen molar-refractivity contribution in [3.8, 4) is 0 Å². The zero-order valence-electron chi connectivity index (χ0n) is 18.8. The molecule has 0 aliphatic heterocycles. The van der Waals surface area contributed by atoms with Crippen LogP contribution in [0, 0.1) is 0 Å². The lowest BCUT2D eigenvalue weighted by molar-refractivity contribution is -0.137. The van der Waals surface area contributed by atoms with E-state index < -0.39 is 5.97 Å². The SMILES string of the molecule is CCCCCCCCCCC=CCC=CCCCCCCCCCCC(=O)O. The Morgan fingerprint density at radius 3 is 1.39 bits per heavy atom. The lowest BCUT2D eigenvalue weighted by Gasteiger charge is -2.00. The van der Waals surface area contributed by atoms with Gasteiger partial charge in [0.2, 0.25) is 0 Å². The Bertz CT molecular complexity index is 371. The van der Waals surface area contributed by atoms with Gasteiger partial charge in [-0.2, -0.15) is 0 Å². The molecular formula is C26H48O2. The molecule has 0 bridgehead atoms. The van der Waals surface area contributed by atoms with Gasteiger partial charge in [-0.1, -0.05) is 115 Å². The quantitative estimate of drug-likeness (QED) is 0.147. The van der Waals surface area contributed by atoms with Crippen LogP contribution in [0.25, 0.3) is 0 Å². The predicted octanol–water partition coefficient (Wildman–Crippen LogP) is 9.01. The molecule has 164 valence electrons. The molecule has 0 aromatic carbocycles. The van der Waals surface area contributed by atoms with Crippen molar-refractivity contribution in [3.05, 3.63) is 24.3 Å². The summed E-state index contributed by atoms with van der Waals surface area (Å²) >= 11 is 0. The zero-order chi connectivity index (χ0) is 20.5. The Morgan fingerprint density at radius 2 is 0.964 bits per heavy atom. The fourth-order valence-electron chi connectivity index (χ4n) is 3.50. The van der Waals surface area contributed by atoms with Gasteiger partial charge < -0.3 is 5.11 Å². The van der Waals surface area contributed by atoms with Gasteiger partial charge in [0.1, 0.15) is 0 Å². The molecule has 0 unspecified atom stereocenters. The van der Waals surface area contributed by atoms with E-state index in [0.717, 1.165) is 19.3 Å². The molecule has 0 amide bonds. The van der Waals surface area contributed by atoms with Gasteiger partial charge in [0.25, 0.3) is 0 Å². The number of aliphatic carboxylic acids is 1. The molecule has 28 heavy (non-hydrogen) atoms. The molecule has 0 saturated carbocycles. The summed E-state index contributed by atoms with van der Waals surface area (Å²) in [6, 6.07) is 0. The van der Waals surface area contributed by atoms with Crippen molar-refractivity contribution in [1.82, 2.24) is 0 Å². The second-order valence-corrected chi connectivity index (χ2v) is 8.20. The Morgan fingerprint density at radius 1 is 0.571 bits per heavy atom. The van der Waals surface area contributed by atoms with E-state index >= 15 is 0 Å². The molecule has 0 spiro atoms. The summed E-state index contributed by atoms with van der Waals surface area (Å²) in [5, 5.41) is 8.58. The molecule has 0 aromatic heterocycles. The number of carboxylic acid groups (broad SMARTS) is 1. The number of hydrogen-bond acceptors (Lipinski definition) is 1. The molecule has 0 fully saturated rings. The fourth-order valence-corrected chi connectivity index (χ4v) is 3.50. The Labute approximate surface area is 175 Å². The molecule has 0 radical (unpaired) electrons. The standard InChI is InChI=1S/C26H48O2/c1-2-3-4-5-6-7-8-9-10-11-12-13-14-15-16-17-18-19-20-21-22-23-24-25-26(27)28/h11-12,14-15H,2-10,13,16-25H2,1H3,(H,27,28). The smallest absolute Gasteiger partial charge is 0.303 e. The summed E-state index contributed by atoms with van der Waals surface area (Å²) in [5.41, 5.74) is 0. The molecule has 0 atom stereocenters. The molecule has 0 aliphatic carbocycles. The van der Waals surface area contributed by atoms with E-state index in [4.69, 9.17) is 5.11 Å². The summed E-state index contributed by atoms with van der Waals surface area (Å²) in [7, 11) is 0. The molecule has 0 saturated heterocycles. The van der Waals surface area contributed by atoms with Crippen molar-refractivity contribution in [2.75, 3.05) is 0 Å². The fraction of sp³-hybridized carbons (Fsp3) is 0.808. The van der Waals surface area contributed by atoms with Crippen molar-refractivity contribution in [1.29, 1.82) is 0 Å². The summed E-state index contributed by atoms with van der Waals surface area (Å²) in [4.78, 5) is 10.4. The van der Waals surface area contributed by atoms with Crippen molar-refractivity contribution < 1.29 is 9.90 Å². The van der Waals surface area contributed by atoms with Crippen LogP contribution in [0.5, 0.6) is 0 Å². The molecule has 0 aliphatic rings. The number of unbranched alkanes of at least 4 members (excludes halogenated alkanes) is 16. The Hall–Kier alpha value is -1.05. The van der Waals surface area contributed by atoms with Gasteiger partial charge in [-0.25, -0.2) is 0 Å². The highest BCUT2D eigenvalue weighted by molar-refractivity contribution is 5.66. The molecule has 1 N–H and O–H groups in total. The second kappa shape index (κ2) is 24.0. The predicted molar refractivity (Wildman–Crippen MR) is 124 cm³/mol. The third-order valence-corrected chi connectivity index (χ3v) is 5.34. The molecule has 0 rings (SSSR count). The van der Waals surface area contributed by atoms with Gasteiger partial charge in [-0.3, -0.25) is 4.79 Å². The van der Waals surface area contributed by atoms with Crippen LogP contribution >= 0.6 is 0 Å². The van der Waals surface area contributed by atoms with Gasteiger partial charge in [0, 0.05) is 6.42 Å². The van der Waals surface area contributed by atoms with E-state index in [-0.39, 0.29) is 0 Å². The lowest BCUT2D eigenvalue weighted by atomic mass is 10.1. The number of carboxylic acids is 1. The second-order valence-electron chi connectivity index (χ2n) is 8.20. The number of allylic oxidation sites excluding steroid dienone is 4. The van der Waals surface area contributed by atoms with E-state index in [0.29, 0.717) is 6.42 Å². The van der Waals surface area contributed by atoms with Crippen LogP contribution in [-0.2, 0) is 4.79 Å². The van der Waals surface area contributed by atoms with Gasteiger partial charge >= 0.3 is 5.97 Å². The van der Waals surface area contributed by atoms with Crippen LogP contribution in [0.4, 0.5) is 0 Å². The molecule has 0 aromatic rings. The highest BCUT2D eigenvalue weighted by atomic mass is 16.4. The lowest BCUT2D eigenvalue weighted by Crippen LogP contribution is -1.93. The molecule has 0 heterocycles. The van der Waals surface area contributed by atoms with Crippen molar-refractivity contribution in [2.45, 2.75) is 135 Å². The maximum Gasteiger partial charge on any atom is 0.303 e. The number of hydrogen-bond donors (Lipinski definition) is 1. The van der Waals surface area contributed by atoms with E-state index in [1.54, 1.807) is 0 Å². The van der Waals surface area contributed by atoms with E-state index in [2.05, 4.69) is 31.2 Å². The Kier molecular flexibility index (Phi) is 23.1. The van der Waals surface area contributed by atoms with Crippen LogP contribution in [0.3, 0.4) is 0 Å². The highest BCUT2D eigenvalue weighted by Crippen LogP contribution is 2.11. The van der Waals surface area contributed by atoms with Crippen molar-refractivity contribution in [2.24, 2.45) is 0 Å². The topological polar surface area (TPSA) is 37.3 Å². The largest absolute Gasteiger partial charge is 0.481 e. The van der Waals surface area contributed by atoms with E-state index in [1.165, 1.54) is 103 Å². The summed E-state index contributed by atoms with van der Waals surface area (Å²) in [6.07, 6.45) is 34.1. The van der Waals surface area contributed by atoms with Crippen LogP contribution in [0.15, 0.2) is 24.3 Å². The average molecular weight is 393 g/mol. The average Bonchev–Trinajstić information content (AvgIpc) is 2.68. The first kappa shape index (κ1) is 27.0. The minimum atomic E-state index is -0.660. The third-order valence-electron chi connectivity index (χ3n) is 5.34. The summed E-state index contributed by atoms with van der Waals surface area (Å²) in [5.74, 6) is -0.660. The van der Waals surface area contributed by atoms with Crippen molar-refractivity contribution >= 4 is 5.97 Å². The Balaban J connectivity index is 3.17. The van der Waals surface area contributed by atoms with Crippen molar-refractivity contribution in [3.63, 3.8) is 0 Å². The molecular weight excluding hydrogens is 344 g/mol. The first-order valence-corrected chi connectivity index (χ1v) is 12.3. The number of carbonyl (C=O) groups is 1. The van der Waals surface area contributed by atoms with Gasteiger partial charge in [-0.15, -0.1) is 0 Å².